The van der Waals surface area contributed by atoms with Crippen LogP contribution in [-0.4, -0.2) is 24.0 Å². The van der Waals surface area contributed by atoms with Gasteiger partial charge in [0.2, 0.25) is 0 Å². The van der Waals surface area contributed by atoms with E-state index in [0.29, 0.717) is 28.6 Å². The van der Waals surface area contributed by atoms with Crippen molar-refractivity contribution in [2.24, 2.45) is 0 Å². The monoisotopic (exact) mass is 316 g/mol. The van der Waals surface area contributed by atoms with Gasteiger partial charge in [0.05, 0.1) is 0 Å². The third kappa shape index (κ3) is 2.53. The molecule has 2 bridgehead atoms. The molecule has 4 nitrogen and oxygen atoms in total. The van der Waals surface area contributed by atoms with Crippen molar-refractivity contribution in [1.29, 1.82) is 0 Å². The molecule has 2 fully saturated rings. The molecule has 2 aromatic rings. The first-order valence-electron chi connectivity index (χ1n) is 7.62. The SMILES string of the molecule is O=C(NC1CC2CCC1N2)c1ccc(-c2cccc(Cl)c2)o1. The predicted octanol–water partition coefficient (Wildman–Crippen LogP) is 3.22. The maximum Gasteiger partial charge on any atom is 0.287 e. The molecule has 3 unspecified atom stereocenters. The van der Waals surface area contributed by atoms with Crippen LogP contribution in [0.4, 0.5) is 0 Å². The average Bonchev–Trinajstić information content (AvgIpc) is 3.23. The van der Waals surface area contributed by atoms with Crippen LogP contribution < -0.4 is 10.6 Å². The van der Waals surface area contributed by atoms with Gasteiger partial charge in [-0.05, 0) is 43.5 Å². The van der Waals surface area contributed by atoms with E-state index in [0.717, 1.165) is 18.4 Å². The second kappa shape index (κ2) is 5.45. The number of nitrogens with one attached hydrogen (secondary N) is 2. The average molecular weight is 317 g/mol. The summed E-state index contributed by atoms with van der Waals surface area (Å²) in [6, 6.07) is 12.1. The van der Waals surface area contributed by atoms with Crippen molar-refractivity contribution in [2.45, 2.75) is 37.4 Å². The zero-order chi connectivity index (χ0) is 15.1. The zero-order valence-electron chi connectivity index (χ0n) is 12.0. The molecule has 1 aromatic carbocycles. The second-order valence-electron chi connectivity index (χ2n) is 6.04. The predicted molar refractivity (Wildman–Crippen MR) is 85.0 cm³/mol. The van der Waals surface area contributed by atoms with Crippen molar-refractivity contribution >= 4 is 17.5 Å². The maximum absolute atomic E-state index is 12.3. The van der Waals surface area contributed by atoms with Gasteiger partial charge in [-0.15, -0.1) is 0 Å². The summed E-state index contributed by atoms with van der Waals surface area (Å²) in [5, 5.41) is 7.24. The van der Waals surface area contributed by atoms with Gasteiger partial charge in [0, 0.05) is 28.7 Å². The number of furan rings is 1. The van der Waals surface area contributed by atoms with E-state index in [1.54, 1.807) is 12.1 Å². The zero-order valence-corrected chi connectivity index (χ0v) is 12.8. The molecule has 2 aliphatic rings. The van der Waals surface area contributed by atoms with Crippen molar-refractivity contribution in [3.63, 3.8) is 0 Å². The van der Waals surface area contributed by atoms with Gasteiger partial charge < -0.3 is 15.1 Å². The third-order valence-electron chi connectivity index (χ3n) is 4.56. The molecule has 0 spiro atoms. The number of halogens is 1. The van der Waals surface area contributed by atoms with E-state index in [4.69, 9.17) is 16.0 Å². The topological polar surface area (TPSA) is 54.3 Å². The number of carbonyl (C=O) groups is 1. The smallest absolute Gasteiger partial charge is 0.287 e. The van der Waals surface area contributed by atoms with Crippen molar-refractivity contribution in [3.05, 3.63) is 47.2 Å². The van der Waals surface area contributed by atoms with Crippen LogP contribution in [0.3, 0.4) is 0 Å². The number of hydrogen-bond donors (Lipinski definition) is 2. The Balaban J connectivity index is 1.48. The minimum Gasteiger partial charge on any atom is -0.451 e. The van der Waals surface area contributed by atoms with Crippen molar-refractivity contribution in [1.82, 2.24) is 10.6 Å². The fraction of sp³-hybridized carbons (Fsp3) is 0.353. The molecule has 4 rings (SSSR count). The summed E-state index contributed by atoms with van der Waals surface area (Å²) >= 11 is 5.99. The first-order chi connectivity index (χ1) is 10.7. The van der Waals surface area contributed by atoms with Crippen LogP contribution in [0.2, 0.25) is 5.02 Å². The molecule has 3 heterocycles. The molecule has 22 heavy (non-hydrogen) atoms. The molecule has 1 aromatic heterocycles. The van der Waals surface area contributed by atoms with E-state index >= 15 is 0 Å². The van der Waals surface area contributed by atoms with Crippen LogP contribution in [0.5, 0.6) is 0 Å². The van der Waals surface area contributed by atoms with Crippen LogP contribution in [0.15, 0.2) is 40.8 Å². The maximum atomic E-state index is 12.3. The van der Waals surface area contributed by atoms with E-state index in [-0.39, 0.29) is 11.9 Å². The minimum atomic E-state index is -0.146. The van der Waals surface area contributed by atoms with E-state index < -0.39 is 0 Å². The molecule has 0 saturated carbocycles. The molecule has 114 valence electrons. The highest BCUT2D eigenvalue weighted by Crippen LogP contribution is 2.29. The number of benzene rings is 1. The van der Waals surface area contributed by atoms with Crippen LogP contribution in [0, 0.1) is 0 Å². The summed E-state index contributed by atoms with van der Waals surface area (Å²) in [5.41, 5.74) is 0.869. The van der Waals surface area contributed by atoms with Gasteiger partial charge in [-0.2, -0.15) is 0 Å². The molecule has 0 radical (unpaired) electrons. The summed E-state index contributed by atoms with van der Waals surface area (Å²) < 4.78 is 5.69. The Kier molecular flexibility index (Phi) is 3.43. The van der Waals surface area contributed by atoms with E-state index in [1.165, 1.54) is 6.42 Å². The highest BCUT2D eigenvalue weighted by atomic mass is 35.5. The summed E-state index contributed by atoms with van der Waals surface area (Å²) in [4.78, 5) is 12.3. The summed E-state index contributed by atoms with van der Waals surface area (Å²) in [5.74, 6) is 0.851. The van der Waals surface area contributed by atoms with Gasteiger partial charge in [0.25, 0.3) is 5.91 Å². The summed E-state index contributed by atoms with van der Waals surface area (Å²) in [7, 11) is 0. The van der Waals surface area contributed by atoms with Crippen molar-refractivity contribution in [3.8, 4) is 11.3 Å². The number of rotatable bonds is 3. The van der Waals surface area contributed by atoms with E-state index in [1.807, 2.05) is 24.3 Å². The molecule has 3 atom stereocenters. The van der Waals surface area contributed by atoms with Gasteiger partial charge in [-0.1, -0.05) is 23.7 Å². The van der Waals surface area contributed by atoms with Gasteiger partial charge in [-0.3, -0.25) is 4.79 Å². The lowest BCUT2D eigenvalue weighted by Crippen LogP contribution is -2.42. The Hall–Kier alpha value is -1.78. The lowest BCUT2D eigenvalue weighted by Gasteiger charge is -2.20. The minimum absolute atomic E-state index is 0.146. The lowest BCUT2D eigenvalue weighted by atomic mass is 9.95. The normalized spacial score (nSPS) is 26.3. The molecular weight excluding hydrogens is 300 g/mol. The van der Waals surface area contributed by atoms with Crippen LogP contribution in [-0.2, 0) is 0 Å². The molecule has 5 heteroatoms. The van der Waals surface area contributed by atoms with Gasteiger partial charge in [-0.25, -0.2) is 0 Å². The first kappa shape index (κ1) is 13.9. The Bertz CT molecular complexity index is 712. The van der Waals surface area contributed by atoms with Crippen molar-refractivity contribution in [2.75, 3.05) is 0 Å². The van der Waals surface area contributed by atoms with Gasteiger partial charge in [0.1, 0.15) is 5.76 Å². The highest BCUT2D eigenvalue weighted by molar-refractivity contribution is 6.30. The van der Waals surface area contributed by atoms with Gasteiger partial charge in [0.15, 0.2) is 5.76 Å². The molecule has 0 aliphatic carbocycles. The second-order valence-corrected chi connectivity index (χ2v) is 6.47. The van der Waals surface area contributed by atoms with Crippen molar-refractivity contribution < 1.29 is 9.21 Å². The quantitative estimate of drug-likeness (QED) is 0.914. The standard InChI is InChI=1S/C17H17ClN2O2/c18-11-3-1-2-10(8-11)15-6-7-16(22-15)17(21)20-14-9-12-4-5-13(14)19-12/h1-3,6-8,12-14,19H,4-5,9H2,(H,20,21). The molecular formula is C17H17ClN2O2. The van der Waals surface area contributed by atoms with Crippen LogP contribution >= 0.6 is 11.6 Å². The summed E-state index contributed by atoms with van der Waals surface area (Å²) in [6.45, 7) is 0. The van der Waals surface area contributed by atoms with E-state index in [2.05, 4.69) is 10.6 Å². The molecule has 2 N–H and O–H groups in total. The molecule has 1 amide bonds. The lowest BCUT2D eigenvalue weighted by molar-refractivity contribution is 0.0903. The fourth-order valence-electron chi connectivity index (χ4n) is 3.48. The number of hydrogen-bond acceptors (Lipinski definition) is 3. The third-order valence-corrected chi connectivity index (χ3v) is 4.79. The van der Waals surface area contributed by atoms with E-state index in [9.17, 15) is 4.79 Å². The Morgan fingerprint density at radius 1 is 1.27 bits per heavy atom. The van der Waals surface area contributed by atoms with Crippen LogP contribution in [0.1, 0.15) is 29.8 Å². The molecule has 2 aliphatic heterocycles. The Labute approximate surface area is 133 Å². The number of fused-ring (bicyclic) bond motifs is 2. The largest absolute Gasteiger partial charge is 0.451 e. The Morgan fingerprint density at radius 3 is 2.91 bits per heavy atom. The number of carbonyl (C=O) groups excluding carboxylic acids is 1. The summed E-state index contributed by atoms with van der Waals surface area (Å²) in [6.07, 6.45) is 3.37. The Morgan fingerprint density at radius 2 is 2.18 bits per heavy atom. The molecule has 2 saturated heterocycles. The highest BCUT2D eigenvalue weighted by Gasteiger charge is 2.39. The fourth-order valence-corrected chi connectivity index (χ4v) is 3.67. The first-order valence-corrected chi connectivity index (χ1v) is 7.99. The van der Waals surface area contributed by atoms with Crippen LogP contribution in [0.25, 0.3) is 11.3 Å². The van der Waals surface area contributed by atoms with Gasteiger partial charge >= 0.3 is 0 Å². The number of amides is 1.